The molecule has 0 fully saturated rings. The largest absolute Gasteiger partial charge is 0.272 e. The normalized spacial score (nSPS) is 11.4. The van der Waals surface area contributed by atoms with Crippen LogP contribution in [0.3, 0.4) is 0 Å². The van der Waals surface area contributed by atoms with Gasteiger partial charge in [0, 0.05) is 12.0 Å². The van der Waals surface area contributed by atoms with E-state index in [0.29, 0.717) is 5.75 Å². The third kappa shape index (κ3) is 5.83. The molecule has 142 valence electrons. The van der Waals surface area contributed by atoms with E-state index < -0.39 is 0 Å². The van der Waals surface area contributed by atoms with Gasteiger partial charge in [-0.25, -0.2) is 5.43 Å². The summed E-state index contributed by atoms with van der Waals surface area (Å²) >= 11 is 1.62. The first kappa shape index (κ1) is 21.0. The lowest BCUT2D eigenvalue weighted by Crippen LogP contribution is -2.19. The summed E-state index contributed by atoms with van der Waals surface area (Å²) in [6.07, 6.45) is 5.35. The molecule has 2 aromatic rings. The van der Waals surface area contributed by atoms with Gasteiger partial charge in [-0.15, -0.1) is 11.8 Å². The quantitative estimate of drug-likeness (QED) is 0.525. The van der Waals surface area contributed by atoms with Crippen molar-refractivity contribution in [3.8, 4) is 0 Å². The number of rotatable bonds is 7. The number of thioether (sulfide) groups is 1. The summed E-state index contributed by atoms with van der Waals surface area (Å²) in [4.78, 5) is 12.0. The summed E-state index contributed by atoms with van der Waals surface area (Å²) in [5.41, 5.74) is 11.8. The number of benzene rings is 2. The van der Waals surface area contributed by atoms with Crippen molar-refractivity contribution in [3.63, 3.8) is 0 Å². The van der Waals surface area contributed by atoms with Crippen LogP contribution in [-0.2, 0) is 10.5 Å². The number of carbonyl (C=O) groups excluding carboxylic acids is 1. The van der Waals surface area contributed by atoms with Gasteiger partial charge in [-0.3, -0.25) is 4.79 Å². The molecule has 1 N–H and O–H groups in total. The smallest absolute Gasteiger partial charge is 0.250 e. The summed E-state index contributed by atoms with van der Waals surface area (Å²) in [5, 5.41) is 3.96. The minimum Gasteiger partial charge on any atom is -0.272 e. The molecule has 4 heteroatoms. The number of nitrogens with one attached hydrogen (secondary N) is 1. The lowest BCUT2D eigenvalue weighted by atomic mass is 9.90. The van der Waals surface area contributed by atoms with Crippen LogP contribution in [0.4, 0.5) is 0 Å². The molecule has 0 radical (unpaired) electrons. The molecule has 0 aromatic heterocycles. The van der Waals surface area contributed by atoms with Gasteiger partial charge in [-0.1, -0.05) is 36.4 Å². The zero-order valence-corrected chi connectivity index (χ0v) is 17.6. The van der Waals surface area contributed by atoms with E-state index in [1.807, 2.05) is 42.5 Å². The predicted octanol–water partition coefficient (Wildman–Crippen LogP) is 5.28. The minimum absolute atomic E-state index is 0.0831. The standard InChI is InChI=1S/C23H28N2OS/c1-16-17(2)19(4)22(20(5)18(16)3)14-27-15-23(26)25-24-13-9-12-21-10-7-6-8-11-21/h6-13H,14-15H2,1-5H3,(H,25,26). The number of allylic oxidation sites excluding steroid dienone is 1. The Kier molecular flexibility index (Phi) is 7.86. The monoisotopic (exact) mass is 380 g/mol. The van der Waals surface area contributed by atoms with E-state index in [4.69, 9.17) is 0 Å². The van der Waals surface area contributed by atoms with Crippen molar-refractivity contribution >= 4 is 30.0 Å². The molecule has 3 nitrogen and oxygen atoms in total. The Bertz CT molecular complexity index is 825. The van der Waals surface area contributed by atoms with Gasteiger partial charge in [-0.2, -0.15) is 5.10 Å². The van der Waals surface area contributed by atoms with E-state index >= 15 is 0 Å². The summed E-state index contributed by atoms with van der Waals surface area (Å²) in [5.74, 6) is 1.15. The minimum atomic E-state index is -0.0831. The van der Waals surface area contributed by atoms with E-state index in [-0.39, 0.29) is 5.91 Å². The molecule has 0 bridgehead atoms. The first-order valence-electron chi connectivity index (χ1n) is 9.09. The predicted molar refractivity (Wildman–Crippen MR) is 118 cm³/mol. The molecular formula is C23H28N2OS. The molecule has 2 aromatic carbocycles. The molecule has 0 saturated heterocycles. The Morgan fingerprint density at radius 1 is 0.963 bits per heavy atom. The van der Waals surface area contributed by atoms with E-state index in [0.717, 1.165) is 11.3 Å². The fourth-order valence-electron chi connectivity index (χ4n) is 2.94. The Morgan fingerprint density at radius 2 is 1.56 bits per heavy atom. The van der Waals surface area contributed by atoms with Gasteiger partial charge in [0.15, 0.2) is 0 Å². The Hall–Kier alpha value is -2.33. The summed E-state index contributed by atoms with van der Waals surface area (Å²) < 4.78 is 0. The lowest BCUT2D eigenvalue weighted by Gasteiger charge is -2.18. The number of nitrogens with zero attached hydrogens (tertiary/aromatic N) is 1. The average Bonchev–Trinajstić information content (AvgIpc) is 2.68. The second-order valence-electron chi connectivity index (χ2n) is 6.68. The molecule has 2 rings (SSSR count). The van der Waals surface area contributed by atoms with Gasteiger partial charge >= 0.3 is 0 Å². The average molecular weight is 381 g/mol. The van der Waals surface area contributed by atoms with Crippen LogP contribution < -0.4 is 5.43 Å². The molecule has 0 unspecified atom stereocenters. The van der Waals surface area contributed by atoms with E-state index in [1.54, 1.807) is 18.0 Å². The van der Waals surface area contributed by atoms with E-state index in [1.165, 1.54) is 33.4 Å². The van der Waals surface area contributed by atoms with Crippen LogP contribution in [0, 0.1) is 34.6 Å². The van der Waals surface area contributed by atoms with Crippen LogP contribution in [0.2, 0.25) is 0 Å². The van der Waals surface area contributed by atoms with Gasteiger partial charge in [0.25, 0.3) is 0 Å². The maximum Gasteiger partial charge on any atom is 0.250 e. The van der Waals surface area contributed by atoms with Crippen molar-refractivity contribution in [2.24, 2.45) is 5.10 Å². The SMILES string of the molecule is Cc1c(C)c(C)c(CSCC(=O)NN=CC=Cc2ccccc2)c(C)c1C. The molecule has 0 heterocycles. The van der Waals surface area contributed by atoms with Gasteiger partial charge in [-0.05, 0) is 79.6 Å². The second kappa shape index (κ2) is 10.1. The molecular weight excluding hydrogens is 352 g/mol. The maximum absolute atomic E-state index is 12.0. The van der Waals surface area contributed by atoms with Crippen molar-refractivity contribution in [2.45, 2.75) is 40.4 Å². The van der Waals surface area contributed by atoms with Gasteiger partial charge in [0.1, 0.15) is 0 Å². The van der Waals surface area contributed by atoms with Crippen molar-refractivity contribution < 1.29 is 4.79 Å². The highest BCUT2D eigenvalue weighted by atomic mass is 32.2. The molecule has 27 heavy (non-hydrogen) atoms. The van der Waals surface area contributed by atoms with Crippen LogP contribution in [-0.4, -0.2) is 17.9 Å². The highest BCUT2D eigenvalue weighted by Gasteiger charge is 2.12. The molecule has 0 aliphatic rings. The first-order valence-corrected chi connectivity index (χ1v) is 10.2. The third-order valence-electron chi connectivity index (χ3n) is 5.07. The van der Waals surface area contributed by atoms with Crippen molar-refractivity contribution in [2.75, 3.05) is 5.75 Å². The Labute approximate surface area is 167 Å². The molecule has 0 aliphatic heterocycles. The molecule has 0 saturated carbocycles. The number of carbonyl (C=O) groups is 1. The summed E-state index contributed by atoms with van der Waals surface area (Å²) in [7, 11) is 0. The first-order chi connectivity index (χ1) is 12.9. The van der Waals surface area contributed by atoms with Gasteiger partial charge in [0.05, 0.1) is 5.75 Å². The molecule has 0 spiro atoms. The van der Waals surface area contributed by atoms with Crippen LogP contribution in [0.15, 0.2) is 41.5 Å². The van der Waals surface area contributed by atoms with Gasteiger partial charge in [0.2, 0.25) is 5.91 Å². The number of hydrogen-bond donors (Lipinski definition) is 1. The van der Waals surface area contributed by atoms with E-state index in [9.17, 15) is 4.79 Å². The zero-order valence-electron chi connectivity index (χ0n) is 16.8. The van der Waals surface area contributed by atoms with Crippen LogP contribution >= 0.6 is 11.8 Å². The van der Waals surface area contributed by atoms with E-state index in [2.05, 4.69) is 45.1 Å². The van der Waals surface area contributed by atoms with Crippen molar-refractivity contribution in [1.29, 1.82) is 0 Å². The maximum atomic E-state index is 12.0. The topological polar surface area (TPSA) is 41.5 Å². The fraction of sp³-hybridized carbons (Fsp3) is 0.304. The van der Waals surface area contributed by atoms with Gasteiger partial charge < -0.3 is 0 Å². The van der Waals surface area contributed by atoms with Crippen LogP contribution in [0.25, 0.3) is 6.08 Å². The van der Waals surface area contributed by atoms with Crippen molar-refractivity contribution in [1.82, 2.24) is 5.43 Å². The Balaban J connectivity index is 1.81. The van der Waals surface area contributed by atoms with Crippen LogP contribution in [0.5, 0.6) is 0 Å². The number of hydrogen-bond acceptors (Lipinski definition) is 3. The highest BCUT2D eigenvalue weighted by molar-refractivity contribution is 7.99. The molecule has 0 aliphatic carbocycles. The fourth-order valence-corrected chi connectivity index (χ4v) is 3.93. The molecule has 0 atom stereocenters. The number of hydrazone groups is 1. The third-order valence-corrected chi connectivity index (χ3v) is 6.03. The second-order valence-corrected chi connectivity index (χ2v) is 7.66. The number of amides is 1. The lowest BCUT2D eigenvalue weighted by molar-refractivity contribution is -0.118. The summed E-state index contributed by atoms with van der Waals surface area (Å²) in [6, 6.07) is 9.97. The Morgan fingerprint density at radius 3 is 2.19 bits per heavy atom. The summed E-state index contributed by atoms with van der Waals surface area (Å²) in [6.45, 7) is 10.9. The van der Waals surface area contributed by atoms with Crippen molar-refractivity contribution in [3.05, 3.63) is 75.4 Å². The van der Waals surface area contributed by atoms with Crippen LogP contribution in [0.1, 0.15) is 38.9 Å². The zero-order chi connectivity index (χ0) is 19.8. The highest BCUT2D eigenvalue weighted by Crippen LogP contribution is 2.28. The molecule has 1 amide bonds.